The summed E-state index contributed by atoms with van der Waals surface area (Å²) in [6, 6.07) is 0. The van der Waals surface area contributed by atoms with Gasteiger partial charge in [-0.15, -0.1) is 11.3 Å². The Morgan fingerprint density at radius 1 is 1.38 bits per heavy atom. The molecular formula is C13H18N6S2. The van der Waals surface area contributed by atoms with Gasteiger partial charge < -0.3 is 5.32 Å². The van der Waals surface area contributed by atoms with Crippen LogP contribution in [0.15, 0.2) is 28.1 Å². The summed E-state index contributed by atoms with van der Waals surface area (Å²) in [6.07, 6.45) is 3.63. The van der Waals surface area contributed by atoms with E-state index in [2.05, 4.69) is 52.1 Å². The van der Waals surface area contributed by atoms with Gasteiger partial charge in [0.2, 0.25) is 0 Å². The van der Waals surface area contributed by atoms with Crippen LogP contribution in [0.3, 0.4) is 0 Å². The zero-order valence-electron chi connectivity index (χ0n) is 12.5. The van der Waals surface area contributed by atoms with E-state index >= 15 is 0 Å². The summed E-state index contributed by atoms with van der Waals surface area (Å²) in [5.74, 6) is 0. The lowest BCUT2D eigenvalue weighted by Gasteiger charge is -2.20. The summed E-state index contributed by atoms with van der Waals surface area (Å²) < 4.78 is 3.90. The second kappa shape index (κ2) is 5.43. The van der Waals surface area contributed by atoms with Gasteiger partial charge in [-0.3, -0.25) is 4.40 Å². The Bertz CT molecular complexity index is 748. The molecule has 6 nitrogen and oxygen atoms in total. The van der Waals surface area contributed by atoms with Crippen LogP contribution in [0, 0.1) is 0 Å². The summed E-state index contributed by atoms with van der Waals surface area (Å²) in [6.45, 7) is 7.25. The van der Waals surface area contributed by atoms with Crippen LogP contribution in [0.5, 0.6) is 0 Å². The monoisotopic (exact) mass is 322 g/mol. The van der Waals surface area contributed by atoms with Gasteiger partial charge in [0.1, 0.15) is 11.4 Å². The SMILES string of the molecule is Cn1ncnc1Sc1nc2sccn2c1CNC(C)(C)C. The van der Waals surface area contributed by atoms with Crippen molar-refractivity contribution in [1.82, 2.24) is 29.5 Å². The average molecular weight is 322 g/mol. The van der Waals surface area contributed by atoms with Crippen molar-refractivity contribution in [2.24, 2.45) is 7.05 Å². The van der Waals surface area contributed by atoms with Crippen LogP contribution in [0.4, 0.5) is 0 Å². The van der Waals surface area contributed by atoms with E-state index in [9.17, 15) is 0 Å². The van der Waals surface area contributed by atoms with Crippen LogP contribution in [-0.2, 0) is 13.6 Å². The van der Waals surface area contributed by atoms with E-state index in [1.165, 1.54) is 0 Å². The predicted molar refractivity (Wildman–Crippen MR) is 84.8 cm³/mol. The third kappa shape index (κ3) is 3.12. The Morgan fingerprint density at radius 3 is 2.86 bits per heavy atom. The molecule has 0 saturated carbocycles. The molecule has 0 aliphatic heterocycles. The van der Waals surface area contributed by atoms with Gasteiger partial charge in [0.25, 0.3) is 0 Å². The summed E-state index contributed by atoms with van der Waals surface area (Å²) in [4.78, 5) is 9.98. The van der Waals surface area contributed by atoms with Gasteiger partial charge in [-0.1, -0.05) is 0 Å². The number of nitrogens with zero attached hydrogens (tertiary/aromatic N) is 5. The summed E-state index contributed by atoms with van der Waals surface area (Å²) in [5, 5.41) is 11.5. The Kier molecular flexibility index (Phi) is 3.76. The molecule has 0 bridgehead atoms. The first kappa shape index (κ1) is 14.6. The van der Waals surface area contributed by atoms with Gasteiger partial charge >= 0.3 is 0 Å². The number of rotatable bonds is 4. The van der Waals surface area contributed by atoms with Crippen molar-refractivity contribution in [3.05, 3.63) is 23.6 Å². The molecule has 0 aliphatic carbocycles. The van der Waals surface area contributed by atoms with Crippen LogP contribution >= 0.6 is 23.1 Å². The second-order valence-corrected chi connectivity index (χ2v) is 7.62. The van der Waals surface area contributed by atoms with E-state index in [4.69, 9.17) is 4.98 Å². The molecule has 0 aliphatic rings. The molecule has 1 N–H and O–H groups in total. The van der Waals surface area contributed by atoms with E-state index in [0.29, 0.717) is 0 Å². The quantitative estimate of drug-likeness (QED) is 0.800. The molecule has 8 heteroatoms. The van der Waals surface area contributed by atoms with Crippen molar-refractivity contribution in [3.8, 4) is 0 Å². The maximum Gasteiger partial charge on any atom is 0.194 e. The zero-order valence-corrected chi connectivity index (χ0v) is 14.1. The van der Waals surface area contributed by atoms with Crippen molar-refractivity contribution in [1.29, 1.82) is 0 Å². The normalized spacial score (nSPS) is 12.4. The Morgan fingerprint density at radius 2 is 2.19 bits per heavy atom. The van der Waals surface area contributed by atoms with Crippen LogP contribution in [-0.4, -0.2) is 29.7 Å². The highest BCUT2D eigenvalue weighted by Crippen LogP contribution is 2.30. The van der Waals surface area contributed by atoms with Gasteiger partial charge in [-0.2, -0.15) is 5.10 Å². The van der Waals surface area contributed by atoms with Crippen molar-refractivity contribution < 1.29 is 0 Å². The van der Waals surface area contributed by atoms with Crippen LogP contribution in [0.25, 0.3) is 4.96 Å². The molecule has 0 saturated heterocycles. The standard InChI is InChI=1S/C13H18N6S2/c1-13(2,3)15-7-9-10(17-12-19(9)5-6-20-12)21-11-14-8-16-18(11)4/h5-6,8,15H,7H2,1-4H3. The Hall–Kier alpha value is -1.38. The molecule has 0 amide bonds. The molecule has 3 rings (SSSR count). The van der Waals surface area contributed by atoms with Crippen molar-refractivity contribution >= 4 is 28.1 Å². The lowest BCUT2D eigenvalue weighted by atomic mass is 10.1. The highest BCUT2D eigenvalue weighted by molar-refractivity contribution is 7.99. The fraction of sp³-hybridized carbons (Fsp3) is 0.462. The molecule has 3 aromatic heterocycles. The van der Waals surface area contributed by atoms with Gasteiger partial charge in [0, 0.05) is 30.7 Å². The number of nitrogens with one attached hydrogen (secondary N) is 1. The first-order valence-electron chi connectivity index (χ1n) is 6.65. The number of thiazole rings is 1. The summed E-state index contributed by atoms with van der Waals surface area (Å²) >= 11 is 3.19. The second-order valence-electron chi connectivity index (χ2n) is 5.79. The molecule has 0 spiro atoms. The van der Waals surface area contributed by atoms with Gasteiger partial charge in [-0.25, -0.2) is 14.6 Å². The molecule has 21 heavy (non-hydrogen) atoms. The zero-order chi connectivity index (χ0) is 15.0. The number of fused-ring (bicyclic) bond motifs is 1. The van der Waals surface area contributed by atoms with Gasteiger partial charge in [-0.05, 0) is 32.5 Å². The molecule has 0 unspecified atom stereocenters. The largest absolute Gasteiger partial charge is 0.306 e. The number of aromatic nitrogens is 5. The highest BCUT2D eigenvalue weighted by Gasteiger charge is 2.18. The molecular weight excluding hydrogens is 304 g/mol. The Balaban J connectivity index is 1.93. The highest BCUT2D eigenvalue weighted by atomic mass is 32.2. The maximum absolute atomic E-state index is 4.71. The lowest BCUT2D eigenvalue weighted by Crippen LogP contribution is -2.35. The third-order valence-electron chi connectivity index (χ3n) is 2.97. The van der Waals surface area contributed by atoms with Crippen LogP contribution in [0.2, 0.25) is 0 Å². The maximum atomic E-state index is 4.71. The first-order valence-corrected chi connectivity index (χ1v) is 8.35. The van der Waals surface area contributed by atoms with E-state index in [1.54, 1.807) is 34.1 Å². The van der Waals surface area contributed by atoms with Crippen molar-refractivity contribution in [2.45, 2.75) is 43.0 Å². The van der Waals surface area contributed by atoms with Crippen molar-refractivity contribution in [2.75, 3.05) is 0 Å². The first-order chi connectivity index (χ1) is 9.94. The minimum absolute atomic E-state index is 0.0624. The van der Waals surface area contributed by atoms with E-state index in [0.717, 1.165) is 27.4 Å². The molecule has 3 aromatic rings. The van der Waals surface area contributed by atoms with Gasteiger partial charge in [0.15, 0.2) is 10.1 Å². The molecule has 0 aromatic carbocycles. The molecule has 0 atom stereocenters. The molecule has 3 heterocycles. The average Bonchev–Trinajstić information content (AvgIpc) is 3.04. The molecule has 0 fully saturated rings. The molecule has 0 radical (unpaired) electrons. The predicted octanol–water partition coefficient (Wildman–Crippen LogP) is 2.56. The smallest absolute Gasteiger partial charge is 0.194 e. The summed E-state index contributed by atoms with van der Waals surface area (Å²) in [5.41, 5.74) is 1.22. The fourth-order valence-electron chi connectivity index (χ4n) is 1.87. The van der Waals surface area contributed by atoms with E-state index < -0.39 is 0 Å². The summed E-state index contributed by atoms with van der Waals surface area (Å²) in [7, 11) is 1.89. The van der Waals surface area contributed by atoms with Gasteiger partial charge in [0.05, 0.1) is 5.69 Å². The van der Waals surface area contributed by atoms with Crippen LogP contribution < -0.4 is 5.32 Å². The fourth-order valence-corrected chi connectivity index (χ4v) is 3.53. The Labute approximate surface area is 131 Å². The van der Waals surface area contributed by atoms with E-state index in [-0.39, 0.29) is 5.54 Å². The van der Waals surface area contributed by atoms with Crippen molar-refractivity contribution in [3.63, 3.8) is 0 Å². The lowest BCUT2D eigenvalue weighted by molar-refractivity contribution is 0.418. The topological polar surface area (TPSA) is 60.0 Å². The number of aryl methyl sites for hydroxylation is 1. The van der Waals surface area contributed by atoms with Crippen LogP contribution in [0.1, 0.15) is 26.5 Å². The molecule has 112 valence electrons. The number of hydrogen-bond acceptors (Lipinski definition) is 6. The minimum Gasteiger partial charge on any atom is -0.306 e. The number of hydrogen-bond donors (Lipinski definition) is 1. The third-order valence-corrected chi connectivity index (χ3v) is 4.80. The minimum atomic E-state index is 0.0624. The number of imidazole rings is 1. The van der Waals surface area contributed by atoms with E-state index in [1.807, 2.05) is 7.05 Å².